The maximum Gasteiger partial charge on any atom is 0.218 e. The van der Waals surface area contributed by atoms with Gasteiger partial charge in [0.2, 0.25) is 6.29 Å². The van der Waals surface area contributed by atoms with Crippen molar-refractivity contribution in [2.24, 2.45) is 17.8 Å². The molecule has 2 rings (SSSR count). The molecule has 5 atom stereocenters. The van der Waals surface area contributed by atoms with Crippen LogP contribution in [0.15, 0.2) is 12.2 Å². The molecule has 4 nitrogen and oxygen atoms in total. The van der Waals surface area contributed by atoms with Crippen LogP contribution in [0, 0.1) is 17.8 Å². The molecule has 1 aliphatic heterocycles. The highest BCUT2D eigenvalue weighted by atomic mass is 16.7. The van der Waals surface area contributed by atoms with Crippen molar-refractivity contribution in [2.75, 3.05) is 13.7 Å². The smallest absolute Gasteiger partial charge is 0.218 e. The Bertz CT molecular complexity index is 299. The molecule has 0 bridgehead atoms. The second kappa shape index (κ2) is 4.65. The summed E-state index contributed by atoms with van der Waals surface area (Å²) in [5.74, 6) is 0.209. The molecule has 0 spiro atoms. The summed E-state index contributed by atoms with van der Waals surface area (Å²) in [7, 11) is 1.46. The van der Waals surface area contributed by atoms with Gasteiger partial charge in [-0.15, -0.1) is 0 Å². The quantitative estimate of drug-likeness (QED) is 0.706. The predicted molar refractivity (Wildman–Crippen MR) is 57.7 cm³/mol. The number of aliphatic hydroxyl groups is 1. The van der Waals surface area contributed by atoms with E-state index < -0.39 is 6.29 Å². The predicted octanol–water partition coefficient (Wildman–Crippen LogP) is 0.747. The number of carbonyl (C=O) groups is 1. The van der Waals surface area contributed by atoms with Crippen LogP contribution in [0.1, 0.15) is 13.3 Å². The number of carbonyl (C=O) groups excluding carboxylic acids is 1. The number of fused-ring (bicyclic) bond motifs is 1. The number of ether oxygens (including phenoxy) is 2. The number of rotatable bonds is 2. The number of hydrogen-bond donors (Lipinski definition) is 1. The van der Waals surface area contributed by atoms with Crippen molar-refractivity contribution in [3.63, 3.8) is 0 Å². The third kappa shape index (κ3) is 1.81. The van der Waals surface area contributed by atoms with Crippen LogP contribution < -0.4 is 0 Å². The molecular weight excluding hydrogens is 208 g/mol. The maximum absolute atomic E-state index is 12.1. The molecule has 2 aliphatic rings. The summed E-state index contributed by atoms with van der Waals surface area (Å²) < 4.78 is 10.5. The second-order valence-electron chi connectivity index (χ2n) is 4.54. The highest BCUT2D eigenvalue weighted by Crippen LogP contribution is 2.39. The van der Waals surface area contributed by atoms with Crippen molar-refractivity contribution < 1.29 is 19.4 Å². The van der Waals surface area contributed by atoms with Gasteiger partial charge in [-0.1, -0.05) is 19.1 Å². The van der Waals surface area contributed by atoms with Crippen LogP contribution in [0.3, 0.4) is 0 Å². The zero-order chi connectivity index (χ0) is 11.7. The van der Waals surface area contributed by atoms with Gasteiger partial charge >= 0.3 is 0 Å². The van der Waals surface area contributed by atoms with Crippen LogP contribution in [-0.2, 0) is 14.3 Å². The molecule has 0 amide bonds. The lowest BCUT2D eigenvalue weighted by atomic mass is 9.70. The van der Waals surface area contributed by atoms with E-state index in [4.69, 9.17) is 9.47 Å². The third-order valence-electron chi connectivity index (χ3n) is 3.61. The largest absolute Gasteiger partial charge is 0.394 e. The number of ketones is 1. The number of aliphatic hydroxyl groups excluding tert-OH is 1. The van der Waals surface area contributed by atoms with E-state index in [9.17, 15) is 9.90 Å². The minimum atomic E-state index is -0.813. The Kier molecular flexibility index (Phi) is 3.42. The average molecular weight is 226 g/mol. The molecule has 0 radical (unpaired) electrons. The monoisotopic (exact) mass is 226 g/mol. The van der Waals surface area contributed by atoms with Crippen molar-refractivity contribution >= 4 is 5.78 Å². The van der Waals surface area contributed by atoms with E-state index in [0.717, 1.165) is 6.42 Å². The molecule has 1 aliphatic carbocycles. The summed E-state index contributed by atoms with van der Waals surface area (Å²) in [4.78, 5) is 12.1. The van der Waals surface area contributed by atoms with Crippen molar-refractivity contribution in [2.45, 2.75) is 25.7 Å². The number of methoxy groups -OCH3 is 1. The van der Waals surface area contributed by atoms with Gasteiger partial charge in [0.15, 0.2) is 5.78 Å². The minimum Gasteiger partial charge on any atom is -0.394 e. The Hall–Kier alpha value is -0.710. The SMILES string of the molecule is CO[C@H]1O[C@H](CO)[C@H]2CC=C[C@@H](C)[C@@H]2C1=O. The topological polar surface area (TPSA) is 55.8 Å². The van der Waals surface area contributed by atoms with Crippen LogP contribution in [0.25, 0.3) is 0 Å². The molecule has 0 aromatic rings. The van der Waals surface area contributed by atoms with E-state index in [1.54, 1.807) is 0 Å². The van der Waals surface area contributed by atoms with Gasteiger partial charge in [0.25, 0.3) is 0 Å². The van der Waals surface area contributed by atoms with Gasteiger partial charge in [-0.2, -0.15) is 0 Å². The third-order valence-corrected chi connectivity index (χ3v) is 3.61. The first-order valence-electron chi connectivity index (χ1n) is 5.68. The molecule has 0 aromatic carbocycles. The molecule has 90 valence electrons. The van der Waals surface area contributed by atoms with E-state index in [2.05, 4.69) is 12.2 Å². The fraction of sp³-hybridized carbons (Fsp3) is 0.750. The average Bonchev–Trinajstić information content (AvgIpc) is 2.30. The van der Waals surface area contributed by atoms with Gasteiger partial charge < -0.3 is 14.6 Å². The fourth-order valence-corrected chi connectivity index (χ4v) is 2.79. The Morgan fingerprint density at radius 1 is 1.62 bits per heavy atom. The first-order valence-corrected chi connectivity index (χ1v) is 5.68. The number of Topliss-reactive ketones (excluding diaryl/α,β-unsaturated/α-hetero) is 1. The van der Waals surface area contributed by atoms with Crippen LogP contribution >= 0.6 is 0 Å². The zero-order valence-electron chi connectivity index (χ0n) is 9.63. The molecular formula is C12H18O4. The zero-order valence-corrected chi connectivity index (χ0v) is 9.63. The lowest BCUT2D eigenvalue weighted by Gasteiger charge is -2.43. The number of allylic oxidation sites excluding steroid dienone is 2. The molecule has 1 fully saturated rings. The Morgan fingerprint density at radius 2 is 2.38 bits per heavy atom. The molecule has 0 unspecified atom stereocenters. The first kappa shape index (κ1) is 11.8. The molecule has 16 heavy (non-hydrogen) atoms. The summed E-state index contributed by atoms with van der Waals surface area (Å²) in [6, 6.07) is 0. The summed E-state index contributed by atoms with van der Waals surface area (Å²) in [6.45, 7) is 1.96. The Balaban J connectivity index is 2.26. The van der Waals surface area contributed by atoms with Crippen LogP contribution in [-0.4, -0.2) is 37.0 Å². The van der Waals surface area contributed by atoms with E-state index in [-0.39, 0.29) is 36.2 Å². The second-order valence-corrected chi connectivity index (χ2v) is 4.54. The standard InChI is InChI=1S/C12H18O4/c1-7-4-3-5-8-9(6-13)16-12(15-2)11(14)10(7)8/h3-4,7-10,12-13H,5-6H2,1-2H3/t7-,8-,9-,10+,12+/m1/s1. The highest BCUT2D eigenvalue weighted by molar-refractivity contribution is 5.86. The van der Waals surface area contributed by atoms with Gasteiger partial charge in [0.1, 0.15) is 0 Å². The van der Waals surface area contributed by atoms with Gasteiger partial charge in [-0.05, 0) is 12.3 Å². The summed E-state index contributed by atoms with van der Waals surface area (Å²) in [6.07, 6.45) is 3.82. The van der Waals surface area contributed by atoms with Gasteiger partial charge in [-0.25, -0.2) is 0 Å². The molecule has 1 N–H and O–H groups in total. The lowest BCUT2D eigenvalue weighted by Crippen LogP contribution is -2.52. The van der Waals surface area contributed by atoms with E-state index in [0.29, 0.717) is 0 Å². The van der Waals surface area contributed by atoms with E-state index in [1.807, 2.05) is 6.92 Å². The van der Waals surface area contributed by atoms with Crippen LogP contribution in [0.2, 0.25) is 0 Å². The molecule has 0 saturated carbocycles. The Labute approximate surface area is 95.2 Å². The van der Waals surface area contributed by atoms with Gasteiger partial charge in [0.05, 0.1) is 12.7 Å². The highest BCUT2D eigenvalue weighted by Gasteiger charge is 2.47. The maximum atomic E-state index is 12.1. The lowest BCUT2D eigenvalue weighted by molar-refractivity contribution is -0.217. The van der Waals surface area contributed by atoms with Crippen molar-refractivity contribution in [1.82, 2.24) is 0 Å². The van der Waals surface area contributed by atoms with Crippen molar-refractivity contribution in [1.29, 1.82) is 0 Å². The molecule has 1 saturated heterocycles. The van der Waals surface area contributed by atoms with Gasteiger partial charge in [-0.3, -0.25) is 4.79 Å². The Morgan fingerprint density at radius 3 is 3.00 bits per heavy atom. The van der Waals surface area contributed by atoms with Gasteiger partial charge in [0, 0.05) is 18.9 Å². The summed E-state index contributed by atoms with van der Waals surface area (Å²) in [5.41, 5.74) is 0. The first-order chi connectivity index (χ1) is 7.69. The van der Waals surface area contributed by atoms with E-state index >= 15 is 0 Å². The van der Waals surface area contributed by atoms with Crippen molar-refractivity contribution in [3.8, 4) is 0 Å². The molecule has 0 aromatic heterocycles. The summed E-state index contributed by atoms with van der Waals surface area (Å²) in [5, 5.41) is 9.30. The van der Waals surface area contributed by atoms with Crippen LogP contribution in [0.5, 0.6) is 0 Å². The summed E-state index contributed by atoms with van der Waals surface area (Å²) >= 11 is 0. The van der Waals surface area contributed by atoms with Crippen molar-refractivity contribution in [3.05, 3.63) is 12.2 Å². The molecule has 1 heterocycles. The minimum absolute atomic E-state index is 0.00838. The van der Waals surface area contributed by atoms with Crippen LogP contribution in [0.4, 0.5) is 0 Å². The fourth-order valence-electron chi connectivity index (χ4n) is 2.79. The normalized spacial score (nSPS) is 43.2. The molecule has 4 heteroatoms. The number of hydrogen-bond acceptors (Lipinski definition) is 4. The van der Waals surface area contributed by atoms with E-state index in [1.165, 1.54) is 7.11 Å².